The van der Waals surface area contributed by atoms with Crippen molar-refractivity contribution in [2.24, 2.45) is 4.99 Å². The van der Waals surface area contributed by atoms with E-state index < -0.39 is 0 Å². The molecule has 24 heavy (non-hydrogen) atoms. The lowest BCUT2D eigenvalue weighted by Gasteiger charge is -2.21. The number of guanidine groups is 1. The van der Waals surface area contributed by atoms with E-state index in [0.717, 1.165) is 56.2 Å². The van der Waals surface area contributed by atoms with E-state index in [1.807, 2.05) is 41.9 Å². The Labute approximate surface area is 161 Å². The van der Waals surface area contributed by atoms with E-state index in [1.54, 1.807) is 0 Å². The molecule has 1 N–H and O–H groups in total. The Balaban J connectivity index is 0.00000288. The first-order chi connectivity index (χ1) is 11.3. The van der Waals surface area contributed by atoms with Crippen LogP contribution in [-0.4, -0.2) is 52.6 Å². The summed E-state index contributed by atoms with van der Waals surface area (Å²) < 4.78 is 2.04. The second-order valence-corrected chi connectivity index (χ2v) is 5.48. The number of hydrogen-bond donors (Lipinski definition) is 1. The Morgan fingerprint density at radius 2 is 2.21 bits per heavy atom. The zero-order valence-electron chi connectivity index (χ0n) is 14.5. The summed E-state index contributed by atoms with van der Waals surface area (Å²) in [4.78, 5) is 6.47. The summed E-state index contributed by atoms with van der Waals surface area (Å²) in [5.74, 6) is 1.93. The smallest absolute Gasteiger partial charge is 0.193 e. The normalized spacial score (nSPS) is 11.2. The van der Waals surface area contributed by atoms with Crippen LogP contribution in [0.2, 0.25) is 0 Å². The van der Waals surface area contributed by atoms with E-state index in [9.17, 15) is 0 Å². The Bertz CT molecular complexity index is 651. The van der Waals surface area contributed by atoms with Gasteiger partial charge in [0.05, 0.1) is 0 Å². The van der Waals surface area contributed by atoms with Crippen LogP contribution >= 0.6 is 24.0 Å². The largest absolute Gasteiger partial charge is 0.356 e. The number of allylic oxidation sites excluding steroid dienone is 1. The van der Waals surface area contributed by atoms with Crippen LogP contribution in [-0.2, 0) is 6.42 Å². The van der Waals surface area contributed by atoms with Crippen LogP contribution in [0.15, 0.2) is 42.0 Å². The molecule has 0 unspecified atom stereocenters. The third-order valence-electron chi connectivity index (χ3n) is 3.72. The van der Waals surface area contributed by atoms with Crippen molar-refractivity contribution in [3.63, 3.8) is 0 Å². The number of rotatable bonds is 8. The fraction of sp³-hybridized carbons (Fsp3) is 0.471. The average Bonchev–Trinajstić information content (AvgIpc) is 2.98. The number of hydrogen-bond acceptors (Lipinski definition) is 3. The summed E-state index contributed by atoms with van der Waals surface area (Å²) >= 11 is 0. The number of nitrogens with zero attached hydrogens (tertiary/aromatic N) is 5. The molecule has 0 aromatic carbocycles. The maximum Gasteiger partial charge on any atom is 0.193 e. The summed E-state index contributed by atoms with van der Waals surface area (Å²) in [6.45, 7) is 5.59. The minimum atomic E-state index is 0. The van der Waals surface area contributed by atoms with Crippen LogP contribution in [0.25, 0.3) is 5.65 Å². The highest BCUT2D eigenvalue weighted by atomic mass is 127. The number of aryl methyl sites for hydroxylation is 1. The maximum absolute atomic E-state index is 4.32. The van der Waals surface area contributed by atoms with E-state index in [2.05, 4.69) is 39.0 Å². The highest BCUT2D eigenvalue weighted by Crippen LogP contribution is 2.04. The molecule has 0 spiro atoms. The molecule has 0 fully saturated rings. The van der Waals surface area contributed by atoms with Crippen molar-refractivity contribution >= 4 is 35.6 Å². The molecule has 6 nitrogen and oxygen atoms in total. The fourth-order valence-corrected chi connectivity index (χ4v) is 2.47. The standard InChI is InChI=1S/C17H26N6.HI/c1-4-5-7-13-22(3)17(18-2)19-12-9-11-16-21-20-15-10-6-8-14-23(15)16;/h4,6,8,10,14H,1,5,7,9,11-13H2,2-3H3,(H,18,19);1H. The molecule has 132 valence electrons. The van der Waals surface area contributed by atoms with Gasteiger partial charge in [-0.25, -0.2) is 0 Å². The van der Waals surface area contributed by atoms with Crippen molar-refractivity contribution < 1.29 is 0 Å². The van der Waals surface area contributed by atoms with Gasteiger partial charge in [-0.1, -0.05) is 12.1 Å². The molecule has 0 radical (unpaired) electrons. The van der Waals surface area contributed by atoms with Gasteiger partial charge in [-0.2, -0.15) is 0 Å². The topological polar surface area (TPSA) is 57.8 Å². The van der Waals surface area contributed by atoms with Crippen molar-refractivity contribution in [3.05, 3.63) is 42.9 Å². The quantitative estimate of drug-likeness (QED) is 0.225. The molecule has 0 aliphatic rings. The van der Waals surface area contributed by atoms with Crippen molar-refractivity contribution in [2.45, 2.75) is 25.7 Å². The van der Waals surface area contributed by atoms with E-state index in [4.69, 9.17) is 0 Å². The molecule has 2 rings (SSSR count). The van der Waals surface area contributed by atoms with Gasteiger partial charge < -0.3 is 10.2 Å². The van der Waals surface area contributed by atoms with E-state index in [-0.39, 0.29) is 24.0 Å². The minimum absolute atomic E-state index is 0. The van der Waals surface area contributed by atoms with Gasteiger partial charge in [-0.3, -0.25) is 9.39 Å². The number of halogens is 1. The zero-order valence-corrected chi connectivity index (χ0v) is 16.8. The monoisotopic (exact) mass is 442 g/mol. The van der Waals surface area contributed by atoms with Crippen molar-refractivity contribution in [2.75, 3.05) is 27.2 Å². The van der Waals surface area contributed by atoms with Crippen LogP contribution in [0.5, 0.6) is 0 Å². The molecule has 2 aromatic rings. The molecule has 0 aliphatic heterocycles. The molecular weight excluding hydrogens is 415 g/mol. The number of nitrogens with one attached hydrogen (secondary N) is 1. The SMILES string of the molecule is C=CCCCN(C)C(=NC)NCCCc1nnc2ccccn12.I. The number of aromatic nitrogens is 3. The second kappa shape index (κ2) is 11.0. The first-order valence-corrected chi connectivity index (χ1v) is 8.07. The summed E-state index contributed by atoms with van der Waals surface area (Å²) in [7, 11) is 3.88. The van der Waals surface area contributed by atoms with E-state index in [1.165, 1.54) is 0 Å². The van der Waals surface area contributed by atoms with Gasteiger partial charge in [0.1, 0.15) is 5.82 Å². The molecular formula is C17H27IN6. The lowest BCUT2D eigenvalue weighted by atomic mass is 10.3. The lowest BCUT2D eigenvalue weighted by Crippen LogP contribution is -2.39. The summed E-state index contributed by atoms with van der Waals surface area (Å²) in [6.07, 6.45) is 7.94. The van der Waals surface area contributed by atoms with Crippen molar-refractivity contribution in [3.8, 4) is 0 Å². The van der Waals surface area contributed by atoms with Crippen molar-refractivity contribution in [1.29, 1.82) is 0 Å². The zero-order chi connectivity index (χ0) is 16.5. The first kappa shape index (κ1) is 20.4. The maximum atomic E-state index is 4.32. The number of aliphatic imine (C=N–C) groups is 1. The highest BCUT2D eigenvalue weighted by molar-refractivity contribution is 14.0. The van der Waals surface area contributed by atoms with Gasteiger partial charge in [0.2, 0.25) is 0 Å². The molecule has 0 amide bonds. The minimum Gasteiger partial charge on any atom is -0.356 e. The molecule has 7 heteroatoms. The first-order valence-electron chi connectivity index (χ1n) is 8.07. The van der Waals surface area contributed by atoms with E-state index >= 15 is 0 Å². The lowest BCUT2D eigenvalue weighted by molar-refractivity contribution is 0.469. The van der Waals surface area contributed by atoms with Gasteiger partial charge >= 0.3 is 0 Å². The van der Waals surface area contributed by atoms with Gasteiger partial charge in [0, 0.05) is 39.8 Å². The molecule has 2 aromatic heterocycles. The van der Waals surface area contributed by atoms with Crippen LogP contribution in [0.4, 0.5) is 0 Å². The highest BCUT2D eigenvalue weighted by Gasteiger charge is 2.06. The van der Waals surface area contributed by atoms with Gasteiger partial charge in [0.15, 0.2) is 11.6 Å². The molecule has 2 heterocycles. The third-order valence-corrected chi connectivity index (χ3v) is 3.72. The number of pyridine rings is 1. The van der Waals surface area contributed by atoms with Crippen molar-refractivity contribution in [1.82, 2.24) is 24.8 Å². The van der Waals surface area contributed by atoms with Gasteiger partial charge in [-0.05, 0) is 31.4 Å². The summed E-state index contributed by atoms with van der Waals surface area (Å²) in [5, 5.41) is 11.8. The summed E-state index contributed by atoms with van der Waals surface area (Å²) in [5.41, 5.74) is 0.897. The molecule has 0 bridgehead atoms. The Morgan fingerprint density at radius 3 is 2.96 bits per heavy atom. The predicted octanol–water partition coefficient (Wildman–Crippen LogP) is 2.75. The number of fused-ring (bicyclic) bond motifs is 1. The summed E-state index contributed by atoms with van der Waals surface area (Å²) in [6, 6.07) is 5.94. The molecule has 0 saturated carbocycles. The Morgan fingerprint density at radius 1 is 1.38 bits per heavy atom. The van der Waals surface area contributed by atoms with E-state index in [0.29, 0.717) is 0 Å². The molecule has 0 aliphatic carbocycles. The average molecular weight is 442 g/mol. The molecule has 0 saturated heterocycles. The second-order valence-electron chi connectivity index (χ2n) is 5.48. The van der Waals surface area contributed by atoms with Crippen LogP contribution in [0.1, 0.15) is 25.1 Å². The van der Waals surface area contributed by atoms with Crippen LogP contribution in [0, 0.1) is 0 Å². The fourth-order valence-electron chi connectivity index (χ4n) is 2.47. The van der Waals surface area contributed by atoms with Gasteiger partial charge in [-0.15, -0.1) is 40.8 Å². The predicted molar refractivity (Wildman–Crippen MR) is 110 cm³/mol. The number of unbranched alkanes of at least 4 members (excludes halogenated alkanes) is 1. The third kappa shape index (κ3) is 5.77. The Kier molecular flexibility index (Phi) is 9.36. The van der Waals surface area contributed by atoms with Gasteiger partial charge in [0.25, 0.3) is 0 Å². The van der Waals surface area contributed by atoms with Crippen LogP contribution in [0.3, 0.4) is 0 Å². The molecule has 0 atom stereocenters. The van der Waals surface area contributed by atoms with Crippen LogP contribution < -0.4 is 5.32 Å². The Hall–Kier alpha value is -1.64.